The number of pyridine rings is 1. The van der Waals surface area contributed by atoms with Gasteiger partial charge in [0.2, 0.25) is 10.0 Å². The van der Waals surface area contributed by atoms with Gasteiger partial charge < -0.3 is 4.74 Å². The molecule has 0 saturated heterocycles. The molecule has 1 saturated carbocycles. The van der Waals surface area contributed by atoms with E-state index < -0.39 is 15.8 Å². The highest BCUT2D eigenvalue weighted by molar-refractivity contribution is 7.92. The van der Waals surface area contributed by atoms with Crippen molar-refractivity contribution in [3.05, 3.63) is 23.8 Å². The molecule has 0 unspecified atom stereocenters. The van der Waals surface area contributed by atoms with Crippen molar-refractivity contribution < 1.29 is 17.5 Å². The molecule has 1 aliphatic heterocycles. The highest BCUT2D eigenvalue weighted by atomic mass is 32.2. The van der Waals surface area contributed by atoms with E-state index in [2.05, 4.69) is 4.98 Å². The van der Waals surface area contributed by atoms with E-state index in [1.54, 1.807) is 0 Å². The number of sulfonamides is 1. The Bertz CT molecular complexity index is 632. The second-order valence-corrected chi connectivity index (χ2v) is 8.00. The molecule has 0 bridgehead atoms. The van der Waals surface area contributed by atoms with Gasteiger partial charge >= 0.3 is 0 Å². The first-order valence-corrected chi connectivity index (χ1v) is 9.40. The van der Waals surface area contributed by atoms with Gasteiger partial charge in [-0.1, -0.05) is 6.42 Å². The van der Waals surface area contributed by atoms with E-state index in [1.807, 2.05) is 0 Å². The average Bonchev–Trinajstić information content (AvgIpc) is 2.44. The predicted octanol–water partition coefficient (Wildman–Crippen LogP) is 2.12. The average molecular weight is 328 g/mol. The van der Waals surface area contributed by atoms with Crippen LogP contribution in [0.5, 0.6) is 0 Å². The SMILES string of the molecule is O=S(=O)(CCOCC1CCC1)N1CCCc2ncc(F)cc21. The van der Waals surface area contributed by atoms with E-state index in [1.165, 1.54) is 29.6 Å². The number of aryl methyl sites for hydroxylation is 1. The van der Waals surface area contributed by atoms with Gasteiger partial charge in [0.15, 0.2) is 0 Å². The molecular formula is C15H21FN2O3S. The third-order valence-corrected chi connectivity index (χ3v) is 6.09. The minimum atomic E-state index is -3.50. The first-order valence-electron chi connectivity index (χ1n) is 7.79. The Morgan fingerprint density at radius 2 is 2.18 bits per heavy atom. The second-order valence-electron chi connectivity index (χ2n) is 5.98. The molecule has 0 spiro atoms. The fourth-order valence-corrected chi connectivity index (χ4v) is 4.26. The maximum Gasteiger partial charge on any atom is 0.237 e. The van der Waals surface area contributed by atoms with Gasteiger partial charge in [-0.05, 0) is 31.6 Å². The maximum absolute atomic E-state index is 13.4. The Kier molecular flexibility index (Phi) is 4.63. The van der Waals surface area contributed by atoms with Crippen molar-refractivity contribution >= 4 is 15.7 Å². The quantitative estimate of drug-likeness (QED) is 0.751. The van der Waals surface area contributed by atoms with Crippen molar-refractivity contribution in [2.75, 3.05) is 29.8 Å². The topological polar surface area (TPSA) is 59.5 Å². The van der Waals surface area contributed by atoms with Crippen LogP contribution in [0.15, 0.2) is 12.3 Å². The van der Waals surface area contributed by atoms with Gasteiger partial charge in [0.05, 0.1) is 29.9 Å². The maximum atomic E-state index is 13.4. The molecule has 2 aliphatic rings. The molecule has 3 rings (SSSR count). The molecule has 2 heterocycles. The summed E-state index contributed by atoms with van der Waals surface area (Å²) in [6.07, 6.45) is 6.12. The highest BCUT2D eigenvalue weighted by Crippen LogP contribution is 2.29. The molecule has 122 valence electrons. The molecule has 7 heteroatoms. The molecule has 0 radical (unpaired) electrons. The van der Waals surface area contributed by atoms with Crippen LogP contribution in [0.1, 0.15) is 31.4 Å². The van der Waals surface area contributed by atoms with Gasteiger partial charge in [0.25, 0.3) is 0 Å². The Balaban J connectivity index is 1.63. The summed E-state index contributed by atoms with van der Waals surface area (Å²) in [5, 5.41) is 0. The predicted molar refractivity (Wildman–Crippen MR) is 81.8 cm³/mol. The fraction of sp³-hybridized carbons (Fsp3) is 0.667. The Morgan fingerprint density at radius 1 is 1.36 bits per heavy atom. The third-order valence-electron chi connectivity index (χ3n) is 4.36. The van der Waals surface area contributed by atoms with E-state index in [0.29, 0.717) is 43.3 Å². The van der Waals surface area contributed by atoms with Crippen LogP contribution >= 0.6 is 0 Å². The fourth-order valence-electron chi connectivity index (χ4n) is 2.85. The van der Waals surface area contributed by atoms with Crippen LogP contribution in [-0.2, 0) is 21.2 Å². The molecular weight excluding hydrogens is 307 g/mol. The summed E-state index contributed by atoms with van der Waals surface area (Å²) in [5.41, 5.74) is 1.02. The smallest absolute Gasteiger partial charge is 0.237 e. The zero-order valence-corrected chi connectivity index (χ0v) is 13.3. The van der Waals surface area contributed by atoms with E-state index in [4.69, 9.17) is 4.74 Å². The first kappa shape index (κ1) is 15.7. The van der Waals surface area contributed by atoms with Crippen molar-refractivity contribution in [3.63, 3.8) is 0 Å². The van der Waals surface area contributed by atoms with Gasteiger partial charge in [0, 0.05) is 19.2 Å². The monoisotopic (exact) mass is 328 g/mol. The number of anilines is 1. The van der Waals surface area contributed by atoms with E-state index in [9.17, 15) is 12.8 Å². The second kappa shape index (κ2) is 6.50. The molecule has 1 aromatic rings. The van der Waals surface area contributed by atoms with Gasteiger partial charge in [-0.2, -0.15) is 0 Å². The summed E-state index contributed by atoms with van der Waals surface area (Å²) < 4.78 is 45.1. The molecule has 0 atom stereocenters. The van der Waals surface area contributed by atoms with Crippen LogP contribution in [-0.4, -0.2) is 38.9 Å². The zero-order chi connectivity index (χ0) is 15.6. The van der Waals surface area contributed by atoms with Gasteiger partial charge in [-0.3, -0.25) is 9.29 Å². The van der Waals surface area contributed by atoms with E-state index >= 15 is 0 Å². The summed E-state index contributed by atoms with van der Waals surface area (Å²) in [5.74, 6) is 0.00848. The lowest BCUT2D eigenvalue weighted by Gasteiger charge is -2.30. The van der Waals surface area contributed by atoms with Crippen LogP contribution in [0.4, 0.5) is 10.1 Å². The Hall–Kier alpha value is -1.21. The van der Waals surface area contributed by atoms with Gasteiger partial charge in [0.1, 0.15) is 5.82 Å². The molecule has 1 aromatic heterocycles. The zero-order valence-electron chi connectivity index (χ0n) is 12.5. The van der Waals surface area contributed by atoms with Gasteiger partial charge in [-0.25, -0.2) is 12.8 Å². The molecule has 5 nitrogen and oxygen atoms in total. The van der Waals surface area contributed by atoms with Crippen molar-refractivity contribution in [2.24, 2.45) is 5.92 Å². The largest absolute Gasteiger partial charge is 0.380 e. The molecule has 0 aromatic carbocycles. The Morgan fingerprint density at radius 3 is 2.91 bits per heavy atom. The number of rotatable bonds is 6. The van der Waals surface area contributed by atoms with Crippen molar-refractivity contribution in [1.82, 2.24) is 4.98 Å². The lowest BCUT2D eigenvalue weighted by Crippen LogP contribution is -2.38. The molecule has 22 heavy (non-hydrogen) atoms. The molecule has 1 fully saturated rings. The standard InChI is InChI=1S/C15H21FN2O3S/c16-13-9-15-14(17-10-13)5-2-6-18(15)22(19,20)8-7-21-11-12-3-1-4-12/h9-10,12H,1-8,11H2. The summed E-state index contributed by atoms with van der Waals surface area (Å²) in [4.78, 5) is 4.01. The highest BCUT2D eigenvalue weighted by Gasteiger charge is 2.28. The molecule has 1 aliphatic carbocycles. The van der Waals surface area contributed by atoms with Crippen LogP contribution in [0.2, 0.25) is 0 Å². The molecule has 0 N–H and O–H groups in total. The van der Waals surface area contributed by atoms with Crippen molar-refractivity contribution in [2.45, 2.75) is 32.1 Å². The number of nitrogens with zero attached hydrogens (tertiary/aromatic N) is 2. The summed E-state index contributed by atoms with van der Waals surface area (Å²) >= 11 is 0. The first-order chi connectivity index (χ1) is 10.6. The summed E-state index contributed by atoms with van der Waals surface area (Å²) in [6, 6.07) is 1.26. The van der Waals surface area contributed by atoms with Crippen LogP contribution in [0.3, 0.4) is 0 Å². The lowest BCUT2D eigenvalue weighted by molar-refractivity contribution is 0.0799. The lowest BCUT2D eigenvalue weighted by atomic mass is 9.86. The number of hydrogen-bond donors (Lipinski definition) is 0. The minimum absolute atomic E-state index is 0.0737. The number of ether oxygens (including phenoxy) is 1. The van der Waals surface area contributed by atoms with Crippen molar-refractivity contribution in [1.29, 1.82) is 0 Å². The van der Waals surface area contributed by atoms with Crippen molar-refractivity contribution in [3.8, 4) is 0 Å². The number of fused-ring (bicyclic) bond motifs is 1. The Labute approximate surface area is 130 Å². The van der Waals surface area contributed by atoms with Crippen LogP contribution in [0.25, 0.3) is 0 Å². The summed E-state index contributed by atoms with van der Waals surface area (Å²) in [6.45, 7) is 1.21. The van der Waals surface area contributed by atoms with Crippen LogP contribution in [0, 0.1) is 11.7 Å². The van der Waals surface area contributed by atoms with Gasteiger partial charge in [-0.15, -0.1) is 0 Å². The molecule has 0 amide bonds. The van der Waals surface area contributed by atoms with E-state index in [0.717, 1.165) is 6.20 Å². The third kappa shape index (κ3) is 3.41. The van der Waals surface area contributed by atoms with E-state index in [-0.39, 0.29) is 12.4 Å². The normalized spacial score (nSPS) is 18.9. The number of aromatic nitrogens is 1. The summed E-state index contributed by atoms with van der Waals surface area (Å²) in [7, 11) is -3.50. The minimum Gasteiger partial charge on any atom is -0.380 e. The number of halogens is 1. The van der Waals surface area contributed by atoms with Crippen LogP contribution < -0.4 is 4.31 Å². The number of hydrogen-bond acceptors (Lipinski definition) is 4.